The minimum atomic E-state index is -1.13. The lowest BCUT2D eigenvalue weighted by Gasteiger charge is -2.16. The molecule has 0 bridgehead atoms. The second-order valence-electron chi connectivity index (χ2n) is 4.11. The third-order valence-corrected chi connectivity index (χ3v) is 4.23. The quantitative estimate of drug-likeness (QED) is 0.652. The molecule has 0 saturated heterocycles. The van der Waals surface area contributed by atoms with Gasteiger partial charge < -0.3 is 19.9 Å². The van der Waals surface area contributed by atoms with Gasteiger partial charge in [0.2, 0.25) is 0 Å². The predicted octanol–water partition coefficient (Wildman–Crippen LogP) is 2.17. The van der Waals surface area contributed by atoms with Crippen molar-refractivity contribution in [2.45, 2.75) is 12.5 Å². The Kier molecular flexibility index (Phi) is 7.20. The van der Waals surface area contributed by atoms with Crippen LogP contribution in [0.15, 0.2) is 12.1 Å². The average Bonchev–Trinajstić information content (AvgIpc) is 2.45. The molecule has 2 N–H and O–H groups in total. The normalized spacial score (nSPS) is 11.8. The molecular weight excluding hydrogens is 413 g/mol. The topological polar surface area (TPSA) is 84.9 Å². The first-order chi connectivity index (χ1) is 9.90. The van der Waals surface area contributed by atoms with Gasteiger partial charge >= 0.3 is 5.97 Å². The first-order valence-electron chi connectivity index (χ1n) is 5.96. The van der Waals surface area contributed by atoms with Crippen molar-refractivity contribution in [1.82, 2.24) is 5.32 Å². The fourth-order valence-electron chi connectivity index (χ4n) is 1.60. The fraction of sp³-hybridized carbons (Fsp3) is 0.385. The van der Waals surface area contributed by atoms with Crippen LogP contribution in [0.5, 0.6) is 5.75 Å². The minimum Gasteiger partial charge on any atom is -0.496 e. The number of carboxylic acids is 1. The number of halogens is 2. The molecule has 0 saturated carbocycles. The number of carbonyl (C=O) groups is 2. The molecule has 0 radical (unpaired) electrons. The molecule has 1 atom stereocenters. The van der Waals surface area contributed by atoms with Gasteiger partial charge in [-0.3, -0.25) is 4.79 Å². The molecule has 1 amide bonds. The summed E-state index contributed by atoms with van der Waals surface area (Å²) in [6.45, 7) is 0.224. The maximum Gasteiger partial charge on any atom is 0.326 e. The first kappa shape index (κ1) is 18.0. The van der Waals surface area contributed by atoms with E-state index in [1.807, 2.05) is 22.6 Å². The third kappa shape index (κ3) is 5.01. The van der Waals surface area contributed by atoms with Crippen LogP contribution in [0, 0.1) is 3.57 Å². The Balaban J connectivity index is 2.96. The molecule has 0 fully saturated rings. The van der Waals surface area contributed by atoms with E-state index in [0.29, 0.717) is 10.8 Å². The molecular formula is C13H15ClINO5. The van der Waals surface area contributed by atoms with Crippen molar-refractivity contribution in [2.24, 2.45) is 0 Å². The summed E-state index contributed by atoms with van der Waals surface area (Å²) < 4.78 is 10.7. The van der Waals surface area contributed by atoms with Gasteiger partial charge in [0.05, 0.1) is 17.7 Å². The average molecular weight is 428 g/mol. The van der Waals surface area contributed by atoms with Crippen molar-refractivity contribution < 1.29 is 24.2 Å². The predicted molar refractivity (Wildman–Crippen MR) is 86.1 cm³/mol. The van der Waals surface area contributed by atoms with E-state index in [9.17, 15) is 9.59 Å². The monoisotopic (exact) mass is 427 g/mol. The zero-order valence-corrected chi connectivity index (χ0v) is 14.4. The van der Waals surface area contributed by atoms with Gasteiger partial charge in [-0.25, -0.2) is 4.79 Å². The molecule has 1 aromatic carbocycles. The van der Waals surface area contributed by atoms with E-state index in [0.717, 1.165) is 3.57 Å². The van der Waals surface area contributed by atoms with Gasteiger partial charge in [0.15, 0.2) is 0 Å². The van der Waals surface area contributed by atoms with Crippen LogP contribution in [0.25, 0.3) is 0 Å². The number of methoxy groups -OCH3 is 2. The zero-order chi connectivity index (χ0) is 16.0. The number of carboxylic acid groups (broad SMARTS) is 1. The molecule has 0 heterocycles. The number of carbonyl (C=O) groups excluding carboxylic acids is 1. The standard InChI is InChI=1S/C13H15ClINO5/c1-20-4-3-10(13(18)19)16-12(17)7-5-8(14)9(15)6-11(7)21-2/h5-6,10H,3-4H2,1-2H3,(H,16,17)(H,18,19). The maximum atomic E-state index is 12.2. The van der Waals surface area contributed by atoms with Crippen LogP contribution in [0.2, 0.25) is 5.02 Å². The summed E-state index contributed by atoms with van der Waals surface area (Å²) in [6.07, 6.45) is 0.165. The maximum absolute atomic E-state index is 12.2. The zero-order valence-electron chi connectivity index (χ0n) is 11.5. The number of ether oxygens (including phenoxy) is 2. The molecule has 8 heteroatoms. The molecule has 21 heavy (non-hydrogen) atoms. The van der Waals surface area contributed by atoms with E-state index < -0.39 is 17.9 Å². The highest BCUT2D eigenvalue weighted by atomic mass is 127. The molecule has 0 aromatic heterocycles. The van der Waals surface area contributed by atoms with Crippen LogP contribution in [-0.4, -0.2) is 43.9 Å². The van der Waals surface area contributed by atoms with Crippen molar-refractivity contribution in [3.63, 3.8) is 0 Å². The van der Waals surface area contributed by atoms with Gasteiger partial charge in [-0.05, 0) is 34.7 Å². The minimum absolute atomic E-state index is 0.165. The Morgan fingerprint density at radius 1 is 1.43 bits per heavy atom. The van der Waals surface area contributed by atoms with Gasteiger partial charge in [0, 0.05) is 23.7 Å². The molecule has 0 spiro atoms. The second kappa shape index (κ2) is 8.40. The number of amides is 1. The molecule has 0 aliphatic rings. The Bertz CT molecular complexity index is 538. The lowest BCUT2D eigenvalue weighted by Crippen LogP contribution is -2.41. The van der Waals surface area contributed by atoms with Crippen molar-refractivity contribution in [1.29, 1.82) is 0 Å². The Hall–Kier alpha value is -1.06. The van der Waals surface area contributed by atoms with Crippen LogP contribution >= 0.6 is 34.2 Å². The van der Waals surface area contributed by atoms with Gasteiger partial charge in [-0.2, -0.15) is 0 Å². The van der Waals surface area contributed by atoms with Gasteiger partial charge in [-0.15, -0.1) is 0 Å². The first-order valence-corrected chi connectivity index (χ1v) is 7.42. The third-order valence-electron chi connectivity index (χ3n) is 2.70. The fourth-order valence-corrected chi connectivity index (χ4v) is 2.21. The molecule has 1 rings (SSSR count). The van der Waals surface area contributed by atoms with Crippen LogP contribution < -0.4 is 10.1 Å². The van der Waals surface area contributed by atoms with E-state index >= 15 is 0 Å². The van der Waals surface area contributed by atoms with Crippen molar-refractivity contribution >= 4 is 46.1 Å². The summed E-state index contributed by atoms with van der Waals surface area (Å²) in [5, 5.41) is 11.9. The second-order valence-corrected chi connectivity index (χ2v) is 5.68. The van der Waals surface area contributed by atoms with Gasteiger partial charge in [0.1, 0.15) is 11.8 Å². The number of hydrogen-bond acceptors (Lipinski definition) is 4. The van der Waals surface area contributed by atoms with E-state index in [2.05, 4.69) is 5.32 Å². The SMILES string of the molecule is COCCC(NC(=O)c1cc(Cl)c(I)cc1OC)C(=O)O. The van der Waals surface area contributed by atoms with Gasteiger partial charge in [0.25, 0.3) is 5.91 Å². The van der Waals surface area contributed by atoms with E-state index in [-0.39, 0.29) is 18.6 Å². The van der Waals surface area contributed by atoms with Crippen LogP contribution in [-0.2, 0) is 9.53 Å². The Morgan fingerprint density at radius 2 is 2.10 bits per heavy atom. The largest absolute Gasteiger partial charge is 0.496 e. The molecule has 1 unspecified atom stereocenters. The van der Waals surface area contributed by atoms with E-state index in [1.54, 1.807) is 6.07 Å². The van der Waals surface area contributed by atoms with Crippen molar-refractivity contribution in [3.05, 3.63) is 26.3 Å². The van der Waals surface area contributed by atoms with E-state index in [1.165, 1.54) is 20.3 Å². The number of nitrogens with one attached hydrogen (secondary N) is 1. The number of hydrogen-bond donors (Lipinski definition) is 2. The summed E-state index contributed by atoms with van der Waals surface area (Å²) >= 11 is 8.00. The molecule has 0 aliphatic heterocycles. The van der Waals surface area contributed by atoms with Crippen LogP contribution in [0.1, 0.15) is 16.8 Å². The lowest BCUT2D eigenvalue weighted by molar-refractivity contribution is -0.139. The number of benzene rings is 1. The highest BCUT2D eigenvalue weighted by molar-refractivity contribution is 14.1. The molecule has 6 nitrogen and oxygen atoms in total. The summed E-state index contributed by atoms with van der Waals surface area (Å²) in [5.74, 6) is -1.36. The van der Waals surface area contributed by atoms with Crippen LogP contribution in [0.3, 0.4) is 0 Å². The highest BCUT2D eigenvalue weighted by Gasteiger charge is 2.23. The van der Waals surface area contributed by atoms with Crippen molar-refractivity contribution in [2.75, 3.05) is 20.8 Å². The summed E-state index contributed by atoms with van der Waals surface area (Å²) in [4.78, 5) is 23.3. The molecule has 116 valence electrons. The smallest absolute Gasteiger partial charge is 0.326 e. The number of rotatable bonds is 7. The molecule has 1 aromatic rings. The summed E-state index contributed by atoms with van der Waals surface area (Å²) in [6, 6.07) is 2.02. The lowest BCUT2D eigenvalue weighted by atomic mass is 10.1. The summed E-state index contributed by atoms with van der Waals surface area (Å²) in [7, 11) is 2.89. The Morgan fingerprint density at radius 3 is 2.62 bits per heavy atom. The Labute approximate surface area is 140 Å². The van der Waals surface area contributed by atoms with Crippen molar-refractivity contribution in [3.8, 4) is 5.75 Å². The van der Waals surface area contributed by atoms with E-state index in [4.69, 9.17) is 26.2 Å². The highest BCUT2D eigenvalue weighted by Crippen LogP contribution is 2.28. The van der Waals surface area contributed by atoms with Gasteiger partial charge in [-0.1, -0.05) is 11.6 Å². The number of aliphatic carboxylic acids is 1. The molecule has 0 aliphatic carbocycles. The van der Waals surface area contributed by atoms with Crippen LogP contribution in [0.4, 0.5) is 0 Å². The summed E-state index contributed by atoms with van der Waals surface area (Å²) in [5.41, 5.74) is 0.187.